The maximum atomic E-state index is 13.9. The molecule has 0 saturated carbocycles. The van der Waals surface area contributed by atoms with Crippen molar-refractivity contribution in [3.05, 3.63) is 101 Å². The molecule has 1 aromatic heterocycles. The minimum absolute atomic E-state index is 0.0285. The van der Waals surface area contributed by atoms with Crippen molar-refractivity contribution in [1.82, 2.24) is 15.6 Å². The Labute approximate surface area is 386 Å². The summed E-state index contributed by atoms with van der Waals surface area (Å²) in [6.45, 7) is 13.8. The number of hydrogen-bond acceptors (Lipinski definition) is 13. The van der Waals surface area contributed by atoms with Gasteiger partial charge in [0.25, 0.3) is 0 Å². The van der Waals surface area contributed by atoms with Crippen molar-refractivity contribution in [3.8, 4) is 16.9 Å². The summed E-state index contributed by atoms with van der Waals surface area (Å²) in [5.74, 6) is -0.503. The summed E-state index contributed by atoms with van der Waals surface area (Å²) in [7, 11) is 1.29. The van der Waals surface area contributed by atoms with Crippen LogP contribution in [-0.4, -0.2) is 107 Å². The number of aromatic nitrogens is 1. The zero-order valence-corrected chi connectivity index (χ0v) is 38.9. The highest BCUT2D eigenvalue weighted by atomic mass is 16.7. The molecule has 0 spiro atoms. The minimum Gasteiger partial charge on any atom is -0.491 e. The number of pyridine rings is 1. The summed E-state index contributed by atoms with van der Waals surface area (Å²) < 4.78 is 33.2. The van der Waals surface area contributed by atoms with Gasteiger partial charge in [-0.05, 0) is 91.4 Å². The second-order valence-corrected chi connectivity index (χ2v) is 16.5. The lowest BCUT2D eigenvalue weighted by molar-refractivity contribution is -0.141. The van der Waals surface area contributed by atoms with E-state index in [1.54, 1.807) is 33.0 Å². The third kappa shape index (κ3) is 17.5. The Kier molecular flexibility index (Phi) is 21.4. The molecule has 3 aromatic carbocycles. The number of ether oxygens (including phenoxy) is 6. The van der Waals surface area contributed by atoms with Crippen molar-refractivity contribution in [3.63, 3.8) is 0 Å². The van der Waals surface area contributed by atoms with Gasteiger partial charge in [-0.15, -0.1) is 0 Å². The number of fused-ring (bicyclic) bond motifs is 1. The number of anilines is 1. The number of esters is 1. The SMILES string of the molecule is COC(=O)C[C@H](NC(=O)[C@H](NC(=O)CCCN(C(=O)OC(C)(C)C)c1cc(C)ccn1)C(C)C)c1ccc(-c2ccc(OCCOCCOCCOCCON=[N+]=[N-])c3ccccc23)cc1. The number of nitrogens with zero attached hydrogens (tertiary/aromatic N) is 5. The molecule has 0 fully saturated rings. The van der Waals surface area contributed by atoms with Crippen LogP contribution in [0.5, 0.6) is 5.75 Å². The molecular weight excluding hydrogens is 851 g/mol. The Morgan fingerprint density at radius 3 is 2.11 bits per heavy atom. The number of carbonyl (C=O) groups excluding carboxylic acids is 4. The van der Waals surface area contributed by atoms with Crippen molar-refractivity contribution in [2.24, 2.45) is 11.2 Å². The smallest absolute Gasteiger partial charge is 0.416 e. The van der Waals surface area contributed by atoms with E-state index < -0.39 is 35.7 Å². The first-order chi connectivity index (χ1) is 31.7. The average molecular weight is 914 g/mol. The molecule has 18 nitrogen and oxygen atoms in total. The highest BCUT2D eigenvalue weighted by Crippen LogP contribution is 2.35. The van der Waals surface area contributed by atoms with Crippen molar-refractivity contribution in [2.45, 2.75) is 78.5 Å². The molecule has 0 saturated heterocycles. The van der Waals surface area contributed by atoms with E-state index in [0.717, 1.165) is 27.5 Å². The third-order valence-electron chi connectivity index (χ3n) is 9.91. The van der Waals surface area contributed by atoms with Gasteiger partial charge in [0.05, 0.1) is 59.2 Å². The van der Waals surface area contributed by atoms with E-state index in [1.165, 1.54) is 12.0 Å². The van der Waals surface area contributed by atoms with Crippen molar-refractivity contribution in [2.75, 3.05) is 71.4 Å². The first kappa shape index (κ1) is 52.2. The number of rotatable bonds is 27. The summed E-state index contributed by atoms with van der Waals surface area (Å²) in [5.41, 5.74) is 10.9. The second-order valence-electron chi connectivity index (χ2n) is 16.5. The molecule has 66 heavy (non-hydrogen) atoms. The van der Waals surface area contributed by atoms with E-state index in [4.69, 9.17) is 34.0 Å². The Morgan fingerprint density at radius 1 is 0.833 bits per heavy atom. The van der Waals surface area contributed by atoms with Crippen LogP contribution in [0.1, 0.15) is 71.0 Å². The molecule has 0 aliphatic carbocycles. The number of carbonyl (C=O) groups is 4. The molecule has 0 aliphatic rings. The van der Waals surface area contributed by atoms with Crippen molar-refractivity contribution in [1.29, 1.82) is 0 Å². The minimum atomic E-state index is -0.911. The van der Waals surface area contributed by atoms with Crippen molar-refractivity contribution >= 4 is 40.5 Å². The van der Waals surface area contributed by atoms with Gasteiger partial charge in [0.2, 0.25) is 11.8 Å². The highest BCUT2D eigenvalue weighted by molar-refractivity contribution is 6.00. The number of benzene rings is 3. The van der Waals surface area contributed by atoms with E-state index in [2.05, 4.69) is 30.6 Å². The van der Waals surface area contributed by atoms with Gasteiger partial charge in [-0.1, -0.05) is 68.4 Å². The maximum absolute atomic E-state index is 13.9. The summed E-state index contributed by atoms with van der Waals surface area (Å²) in [6.07, 6.45) is 1.21. The van der Waals surface area contributed by atoms with Gasteiger partial charge in [-0.25, -0.2) is 9.78 Å². The standard InChI is InChI=1S/C48H63N7O11/c1-33(2)45(52-43(56)13-10-22-55(47(59)66-48(4,5)6)42-31-34(3)20-21-50-42)46(58)51-40(32-44(57)60-7)36-16-14-35(15-17-36)37-18-19-41(39-12-9-8-11-38(37)39)64-29-27-62-25-23-61-24-26-63-28-30-65-54-53-49/h8-9,11-12,14-21,31,33,40,45H,10,13,22-30,32H2,1-7H3,(H,51,58)(H,52,56)/t40-,45+/m0/s1. The Balaban J connectivity index is 1.35. The van der Waals surface area contributed by atoms with Gasteiger partial charge in [0.15, 0.2) is 0 Å². The third-order valence-corrected chi connectivity index (χ3v) is 9.91. The van der Waals surface area contributed by atoms with Crippen LogP contribution in [0.4, 0.5) is 10.6 Å². The van der Waals surface area contributed by atoms with E-state index in [1.807, 2.05) is 87.5 Å². The second kappa shape index (κ2) is 27.1. The van der Waals surface area contributed by atoms with Crippen LogP contribution in [0.3, 0.4) is 0 Å². The van der Waals surface area contributed by atoms with Gasteiger partial charge >= 0.3 is 12.1 Å². The van der Waals surface area contributed by atoms with Gasteiger partial charge in [-0.3, -0.25) is 19.3 Å². The number of amides is 3. The summed E-state index contributed by atoms with van der Waals surface area (Å²) in [4.78, 5) is 65.8. The molecule has 2 N–H and O–H groups in total. The first-order valence-corrected chi connectivity index (χ1v) is 21.9. The Hall–Kier alpha value is -6.46. The predicted molar refractivity (Wildman–Crippen MR) is 249 cm³/mol. The lowest BCUT2D eigenvalue weighted by atomic mass is 9.94. The van der Waals surface area contributed by atoms with E-state index in [9.17, 15) is 19.2 Å². The van der Waals surface area contributed by atoms with Crippen LogP contribution in [0.15, 0.2) is 84.3 Å². The predicted octanol–water partition coefficient (Wildman–Crippen LogP) is 7.96. The molecule has 4 aromatic rings. The molecule has 0 radical (unpaired) electrons. The van der Waals surface area contributed by atoms with E-state index in [0.29, 0.717) is 63.4 Å². The van der Waals surface area contributed by atoms with E-state index in [-0.39, 0.29) is 44.2 Å². The number of hydrogen-bond donors (Lipinski definition) is 2. The lowest BCUT2D eigenvalue weighted by Gasteiger charge is -2.27. The number of methoxy groups -OCH3 is 1. The zero-order valence-electron chi connectivity index (χ0n) is 38.9. The molecule has 0 unspecified atom stereocenters. The number of azide groups is 1. The number of aryl methyl sites for hydroxylation is 1. The van der Waals surface area contributed by atoms with Gasteiger partial charge in [-0.2, -0.15) is 0 Å². The average Bonchev–Trinajstić information content (AvgIpc) is 3.28. The molecule has 356 valence electrons. The Morgan fingerprint density at radius 2 is 1.48 bits per heavy atom. The van der Waals surface area contributed by atoms with Crippen LogP contribution in [0, 0.1) is 12.8 Å². The molecule has 2 atom stereocenters. The van der Waals surface area contributed by atoms with Crippen LogP contribution in [0.2, 0.25) is 0 Å². The van der Waals surface area contributed by atoms with Gasteiger partial charge < -0.3 is 43.9 Å². The van der Waals surface area contributed by atoms with E-state index >= 15 is 0 Å². The lowest BCUT2D eigenvalue weighted by Crippen LogP contribution is -2.50. The molecule has 0 bridgehead atoms. The summed E-state index contributed by atoms with van der Waals surface area (Å²) >= 11 is 0. The zero-order chi connectivity index (χ0) is 47.9. The summed E-state index contributed by atoms with van der Waals surface area (Å²) in [5, 5.41) is 10.7. The number of nitrogens with one attached hydrogen (secondary N) is 2. The highest BCUT2D eigenvalue weighted by Gasteiger charge is 2.29. The summed E-state index contributed by atoms with van der Waals surface area (Å²) in [6, 6.07) is 21.4. The fourth-order valence-electron chi connectivity index (χ4n) is 6.69. The fourth-order valence-corrected chi connectivity index (χ4v) is 6.69. The van der Waals surface area contributed by atoms with Crippen molar-refractivity contribution < 1.29 is 52.4 Å². The van der Waals surface area contributed by atoms with Gasteiger partial charge in [0, 0.05) is 29.5 Å². The molecular formula is C48H63N7O11. The molecule has 18 heteroatoms. The van der Waals surface area contributed by atoms with Crippen LogP contribution in [-0.2, 0) is 42.9 Å². The van der Waals surface area contributed by atoms with Gasteiger partial charge in [0.1, 0.15) is 41.7 Å². The van der Waals surface area contributed by atoms with Crippen LogP contribution >= 0.6 is 0 Å². The topological polar surface area (TPSA) is 222 Å². The van der Waals surface area contributed by atoms with Crippen LogP contribution < -0.4 is 20.3 Å². The largest absolute Gasteiger partial charge is 0.491 e. The molecule has 4 rings (SSSR count). The quantitative estimate of drug-likeness (QED) is 0.0145. The molecule has 1 heterocycles. The fraction of sp³-hybridized carbons (Fsp3) is 0.479. The molecule has 0 aliphatic heterocycles. The Bertz CT molecular complexity index is 2230. The normalized spacial score (nSPS) is 12.1. The van der Waals surface area contributed by atoms with Crippen LogP contribution in [0.25, 0.3) is 32.3 Å². The monoisotopic (exact) mass is 913 g/mol. The maximum Gasteiger partial charge on any atom is 0.416 e. The first-order valence-electron chi connectivity index (χ1n) is 21.9. The molecule has 3 amide bonds.